The second-order valence-electron chi connectivity index (χ2n) is 5.89. The van der Waals surface area contributed by atoms with Crippen molar-refractivity contribution in [2.75, 3.05) is 11.4 Å². The third-order valence-corrected chi connectivity index (χ3v) is 5.65. The molecule has 0 unspecified atom stereocenters. The lowest BCUT2D eigenvalue weighted by atomic mass is 10.1. The molecule has 2 aromatic carbocycles. The molecule has 0 aliphatic carbocycles. The minimum absolute atomic E-state index is 0.0229. The van der Waals surface area contributed by atoms with E-state index in [-0.39, 0.29) is 17.3 Å². The van der Waals surface area contributed by atoms with Crippen molar-refractivity contribution in [3.05, 3.63) is 59.4 Å². The maximum Gasteiger partial charge on any atom is 0.240 e. The van der Waals surface area contributed by atoms with Crippen LogP contribution in [0.5, 0.6) is 0 Å². The largest absolute Gasteiger partial charge is 0.312 e. The minimum Gasteiger partial charge on any atom is -0.312 e. The van der Waals surface area contributed by atoms with Crippen LogP contribution in [0.3, 0.4) is 0 Å². The third-order valence-electron chi connectivity index (χ3n) is 4.23. The Kier molecular flexibility index (Phi) is 4.87. The molecule has 2 aromatic rings. The first-order valence-corrected chi connectivity index (χ1v) is 9.56. The van der Waals surface area contributed by atoms with Gasteiger partial charge in [0.25, 0.3) is 0 Å². The van der Waals surface area contributed by atoms with E-state index in [1.165, 1.54) is 12.1 Å². The molecule has 0 fully saturated rings. The molecule has 1 N–H and O–H groups in total. The van der Waals surface area contributed by atoms with Crippen molar-refractivity contribution in [2.24, 2.45) is 0 Å². The van der Waals surface area contributed by atoms with Gasteiger partial charge in [0.2, 0.25) is 15.9 Å². The highest BCUT2D eigenvalue weighted by Crippen LogP contribution is 2.29. The smallest absolute Gasteiger partial charge is 0.240 e. The third kappa shape index (κ3) is 3.72. The molecular formula is C18H19FN2O3S. The topological polar surface area (TPSA) is 66.5 Å². The summed E-state index contributed by atoms with van der Waals surface area (Å²) >= 11 is 0. The van der Waals surface area contributed by atoms with Crippen LogP contribution in [0.2, 0.25) is 0 Å². The maximum absolute atomic E-state index is 12.9. The Hall–Kier alpha value is -2.25. The molecule has 5 nitrogen and oxygen atoms in total. The van der Waals surface area contributed by atoms with Crippen molar-refractivity contribution in [2.45, 2.75) is 31.2 Å². The van der Waals surface area contributed by atoms with Crippen LogP contribution in [-0.4, -0.2) is 20.9 Å². The van der Waals surface area contributed by atoms with Crippen LogP contribution in [0.15, 0.2) is 47.4 Å². The van der Waals surface area contributed by atoms with Crippen LogP contribution in [-0.2, 0) is 27.8 Å². The number of nitrogens with one attached hydrogen (secondary N) is 1. The van der Waals surface area contributed by atoms with Crippen LogP contribution in [0.1, 0.15) is 24.5 Å². The molecular weight excluding hydrogens is 343 g/mol. The lowest BCUT2D eigenvalue weighted by molar-refractivity contribution is -0.118. The van der Waals surface area contributed by atoms with Crippen LogP contribution < -0.4 is 9.62 Å². The van der Waals surface area contributed by atoms with E-state index in [1.54, 1.807) is 4.90 Å². The van der Waals surface area contributed by atoms with Gasteiger partial charge < -0.3 is 4.90 Å². The number of carbonyl (C=O) groups excluding carboxylic acids is 1. The van der Waals surface area contributed by atoms with E-state index >= 15 is 0 Å². The Morgan fingerprint density at radius 1 is 1.20 bits per heavy atom. The first-order chi connectivity index (χ1) is 11.9. The number of sulfonamides is 1. The van der Waals surface area contributed by atoms with Crippen molar-refractivity contribution in [3.8, 4) is 0 Å². The predicted octanol–water partition coefficient (Wildman–Crippen LogP) is 2.60. The molecule has 0 saturated heterocycles. The molecule has 132 valence electrons. The monoisotopic (exact) mass is 362 g/mol. The fourth-order valence-corrected chi connectivity index (χ4v) is 3.91. The van der Waals surface area contributed by atoms with Crippen molar-refractivity contribution in [3.63, 3.8) is 0 Å². The number of hydrogen-bond acceptors (Lipinski definition) is 3. The molecule has 0 bridgehead atoms. The van der Waals surface area contributed by atoms with Gasteiger partial charge in [0.1, 0.15) is 5.82 Å². The first-order valence-electron chi connectivity index (χ1n) is 8.08. The van der Waals surface area contributed by atoms with Crippen molar-refractivity contribution in [1.29, 1.82) is 0 Å². The molecule has 25 heavy (non-hydrogen) atoms. The first kappa shape index (κ1) is 17.6. The Bertz CT molecular complexity index is 895. The van der Waals surface area contributed by atoms with Crippen molar-refractivity contribution < 1.29 is 17.6 Å². The van der Waals surface area contributed by atoms with Crippen molar-refractivity contribution >= 4 is 21.6 Å². The SMILES string of the molecule is CCC(=O)N1CCc2cc(CNS(=O)(=O)c3ccc(F)cc3)ccc21. The van der Waals surface area contributed by atoms with Gasteiger partial charge in [-0.15, -0.1) is 0 Å². The lowest BCUT2D eigenvalue weighted by Crippen LogP contribution is -2.27. The summed E-state index contributed by atoms with van der Waals surface area (Å²) in [4.78, 5) is 13.7. The van der Waals surface area contributed by atoms with E-state index in [0.29, 0.717) is 13.0 Å². The van der Waals surface area contributed by atoms with Gasteiger partial charge in [-0.25, -0.2) is 17.5 Å². The Labute approximate surface area is 146 Å². The number of carbonyl (C=O) groups is 1. The second-order valence-corrected chi connectivity index (χ2v) is 7.66. The van der Waals surface area contributed by atoms with Crippen LogP contribution >= 0.6 is 0 Å². The van der Waals surface area contributed by atoms with Gasteiger partial charge in [-0.05, 0) is 47.9 Å². The van der Waals surface area contributed by atoms with Gasteiger partial charge in [0, 0.05) is 25.2 Å². The molecule has 1 heterocycles. The lowest BCUT2D eigenvalue weighted by Gasteiger charge is -2.16. The van der Waals surface area contributed by atoms with Crippen molar-refractivity contribution in [1.82, 2.24) is 4.72 Å². The van der Waals surface area contributed by atoms with Crippen LogP contribution in [0.25, 0.3) is 0 Å². The highest BCUT2D eigenvalue weighted by molar-refractivity contribution is 7.89. The number of rotatable bonds is 5. The number of halogens is 1. The molecule has 0 aromatic heterocycles. The summed E-state index contributed by atoms with van der Waals surface area (Å²) in [6.45, 7) is 2.63. The quantitative estimate of drug-likeness (QED) is 0.889. The fraction of sp³-hybridized carbons (Fsp3) is 0.278. The Morgan fingerprint density at radius 3 is 2.60 bits per heavy atom. The molecule has 0 spiro atoms. The average molecular weight is 362 g/mol. The number of hydrogen-bond donors (Lipinski definition) is 1. The van der Waals surface area contributed by atoms with E-state index in [4.69, 9.17) is 0 Å². The molecule has 0 saturated carbocycles. The predicted molar refractivity (Wildman–Crippen MR) is 93.2 cm³/mol. The number of nitrogens with zero attached hydrogens (tertiary/aromatic N) is 1. The van der Waals surface area contributed by atoms with E-state index in [2.05, 4.69) is 4.72 Å². The number of anilines is 1. The molecule has 0 radical (unpaired) electrons. The van der Waals surface area contributed by atoms with E-state index in [0.717, 1.165) is 35.4 Å². The van der Waals surface area contributed by atoms with Gasteiger partial charge in [-0.2, -0.15) is 0 Å². The average Bonchev–Trinajstić information content (AvgIpc) is 3.03. The summed E-state index contributed by atoms with van der Waals surface area (Å²) in [6.07, 6.45) is 1.22. The second kappa shape index (κ2) is 6.93. The van der Waals surface area contributed by atoms with Gasteiger partial charge in [0.15, 0.2) is 0 Å². The normalized spacial score (nSPS) is 13.8. The van der Waals surface area contributed by atoms with Gasteiger partial charge in [-0.3, -0.25) is 4.79 Å². The summed E-state index contributed by atoms with van der Waals surface area (Å²) in [7, 11) is -3.70. The summed E-state index contributed by atoms with van der Waals surface area (Å²) in [5.41, 5.74) is 2.76. The highest BCUT2D eigenvalue weighted by Gasteiger charge is 2.23. The zero-order chi connectivity index (χ0) is 18.0. The Balaban J connectivity index is 1.72. The molecule has 1 aliphatic heterocycles. The highest BCUT2D eigenvalue weighted by atomic mass is 32.2. The van der Waals surface area contributed by atoms with Crippen LogP contribution in [0, 0.1) is 5.82 Å². The number of benzene rings is 2. The maximum atomic E-state index is 12.9. The molecule has 1 amide bonds. The summed E-state index contributed by atoms with van der Waals surface area (Å²) in [5, 5.41) is 0. The molecule has 1 aliphatic rings. The van der Waals surface area contributed by atoms with Gasteiger partial charge in [-0.1, -0.05) is 19.1 Å². The van der Waals surface area contributed by atoms with E-state index < -0.39 is 15.8 Å². The zero-order valence-electron chi connectivity index (χ0n) is 13.8. The zero-order valence-corrected chi connectivity index (χ0v) is 14.6. The van der Waals surface area contributed by atoms with E-state index in [9.17, 15) is 17.6 Å². The minimum atomic E-state index is -3.70. The fourth-order valence-electron chi connectivity index (χ4n) is 2.89. The molecule has 0 atom stereocenters. The van der Waals surface area contributed by atoms with Gasteiger partial charge >= 0.3 is 0 Å². The van der Waals surface area contributed by atoms with Crippen LogP contribution in [0.4, 0.5) is 10.1 Å². The summed E-state index contributed by atoms with van der Waals surface area (Å²) in [6, 6.07) is 10.3. The summed E-state index contributed by atoms with van der Waals surface area (Å²) < 4.78 is 39.9. The number of amides is 1. The number of fused-ring (bicyclic) bond motifs is 1. The summed E-state index contributed by atoms with van der Waals surface area (Å²) in [5.74, 6) is -0.396. The standard InChI is InChI=1S/C18H19FN2O3S/c1-2-18(22)21-10-9-14-11-13(3-8-17(14)21)12-20-25(23,24)16-6-4-15(19)5-7-16/h3-8,11,20H,2,9-10,12H2,1H3. The molecule has 7 heteroatoms. The Morgan fingerprint density at radius 2 is 1.92 bits per heavy atom. The van der Waals surface area contributed by atoms with E-state index in [1.807, 2.05) is 25.1 Å². The molecule has 3 rings (SSSR count). The van der Waals surface area contributed by atoms with Gasteiger partial charge in [0.05, 0.1) is 4.90 Å².